The van der Waals surface area contributed by atoms with Gasteiger partial charge in [-0.05, 0) is 55.6 Å². The number of carbonyl (C=O) groups is 5. The number of carboxylic acid groups (broad SMARTS) is 1. The molecule has 0 spiro atoms. The van der Waals surface area contributed by atoms with Gasteiger partial charge in [0.2, 0.25) is 11.8 Å². The van der Waals surface area contributed by atoms with Crippen LogP contribution in [0.3, 0.4) is 0 Å². The summed E-state index contributed by atoms with van der Waals surface area (Å²) in [7, 11) is 0. The minimum Gasteiger partial charge on any atom is -0.479 e. The smallest absolute Gasteiger partial charge is 0.408 e. The molecule has 2 saturated carbocycles. The Morgan fingerprint density at radius 3 is 2.44 bits per heavy atom. The number of urea groups is 1. The second-order valence-corrected chi connectivity index (χ2v) is 14.8. The van der Waals surface area contributed by atoms with Gasteiger partial charge in [-0.1, -0.05) is 63.2 Å². The van der Waals surface area contributed by atoms with E-state index in [1.54, 1.807) is 51.1 Å². The molecule has 266 valence electrons. The number of halogens is 1. The van der Waals surface area contributed by atoms with E-state index in [0.29, 0.717) is 16.8 Å². The number of hydrogen-bond donors (Lipinski definition) is 4. The average Bonchev–Trinajstić information content (AvgIpc) is 3.35. The van der Waals surface area contributed by atoms with Crippen LogP contribution >= 0.6 is 0 Å². The quantitative estimate of drug-likeness (QED) is 0.269. The predicted octanol–water partition coefficient (Wildman–Crippen LogP) is 5.04. The first-order valence-electron chi connectivity index (χ1n) is 17.1. The van der Waals surface area contributed by atoms with E-state index in [9.17, 15) is 33.5 Å². The highest BCUT2D eigenvalue weighted by molar-refractivity contribution is 5.99. The van der Waals surface area contributed by atoms with Crippen molar-refractivity contribution in [2.24, 2.45) is 11.3 Å². The van der Waals surface area contributed by atoms with Crippen LogP contribution in [-0.4, -0.2) is 81.1 Å². The van der Waals surface area contributed by atoms with Crippen molar-refractivity contribution in [2.75, 3.05) is 11.9 Å². The van der Waals surface area contributed by atoms with Crippen molar-refractivity contribution < 1.29 is 38.2 Å². The van der Waals surface area contributed by atoms with Gasteiger partial charge in [-0.2, -0.15) is 0 Å². The standard InChI is InChI=1S/C37H44FN5O7/c1-5-22-18-37(22,33(46)47)41-31(44)28-17-23(20-43(28)32(45)30(36(2,3)4)40-35(49)50-24-12-6-7-13-24)42-19-21-11-10-15-26(29(21)39-34(42)48)25-14-8-9-16-27(25)38/h5,8-11,14-16,22-24,28,30H,1,6-7,12-13,17-20H2,2-4H3,(H,39,48)(H,40,49)(H,41,44)(H,46,47)/t22-,23-,28+,30+,37?/m1/s1. The molecule has 13 heteroatoms. The Hall–Kier alpha value is -4.94. The first-order valence-corrected chi connectivity index (χ1v) is 17.1. The fourth-order valence-electron chi connectivity index (χ4n) is 7.49. The van der Waals surface area contributed by atoms with Gasteiger partial charge in [0.25, 0.3) is 0 Å². The zero-order chi connectivity index (χ0) is 36.0. The van der Waals surface area contributed by atoms with E-state index in [1.165, 1.54) is 21.9 Å². The van der Waals surface area contributed by atoms with Crippen molar-refractivity contribution in [3.8, 4) is 11.1 Å². The van der Waals surface area contributed by atoms with Crippen molar-refractivity contribution in [3.63, 3.8) is 0 Å². The van der Waals surface area contributed by atoms with Crippen LogP contribution in [0.1, 0.15) is 64.9 Å². The summed E-state index contributed by atoms with van der Waals surface area (Å²) in [4.78, 5) is 70.3. The third-order valence-corrected chi connectivity index (χ3v) is 10.4. The Bertz CT molecular complexity index is 1720. The van der Waals surface area contributed by atoms with Gasteiger partial charge in [-0.3, -0.25) is 9.59 Å². The number of benzene rings is 2. The molecule has 50 heavy (non-hydrogen) atoms. The highest BCUT2D eigenvalue weighted by Gasteiger charge is 2.61. The summed E-state index contributed by atoms with van der Waals surface area (Å²) in [6.45, 7) is 9.12. The maximum Gasteiger partial charge on any atom is 0.408 e. The fourth-order valence-corrected chi connectivity index (χ4v) is 7.49. The lowest BCUT2D eigenvalue weighted by atomic mass is 9.85. The Balaban J connectivity index is 1.28. The molecule has 1 saturated heterocycles. The molecule has 4 N–H and O–H groups in total. The molecule has 6 rings (SSSR count). The highest BCUT2D eigenvalue weighted by Crippen LogP contribution is 2.45. The number of carbonyl (C=O) groups excluding carboxylic acids is 4. The molecule has 5 amide bonds. The number of ether oxygens (including phenoxy) is 1. The molecule has 0 bridgehead atoms. The van der Waals surface area contributed by atoms with Gasteiger partial charge in [0, 0.05) is 30.1 Å². The van der Waals surface area contributed by atoms with Crippen molar-refractivity contribution in [1.82, 2.24) is 20.4 Å². The zero-order valence-corrected chi connectivity index (χ0v) is 28.5. The summed E-state index contributed by atoms with van der Waals surface area (Å²) in [5.74, 6) is -3.34. The lowest BCUT2D eigenvalue weighted by molar-refractivity contribution is -0.146. The normalized spacial score (nSPS) is 25.3. The minimum atomic E-state index is -1.54. The van der Waals surface area contributed by atoms with Crippen LogP contribution in [0.2, 0.25) is 0 Å². The fraction of sp³-hybridized carbons (Fsp3) is 0.486. The number of nitrogens with one attached hydrogen (secondary N) is 3. The number of para-hydroxylation sites is 1. The monoisotopic (exact) mass is 689 g/mol. The van der Waals surface area contributed by atoms with Gasteiger partial charge in [0.1, 0.15) is 29.5 Å². The number of nitrogens with zero attached hydrogens (tertiary/aromatic N) is 2. The van der Waals surface area contributed by atoms with Crippen molar-refractivity contribution >= 4 is 35.6 Å². The first-order chi connectivity index (χ1) is 23.7. The number of aliphatic carboxylic acids is 1. The maximum absolute atomic E-state index is 14.8. The van der Waals surface area contributed by atoms with Gasteiger partial charge in [0.05, 0.1) is 11.7 Å². The number of hydrogen-bond acceptors (Lipinski definition) is 6. The first kappa shape index (κ1) is 34.9. The van der Waals surface area contributed by atoms with Crippen molar-refractivity contribution in [1.29, 1.82) is 0 Å². The summed E-state index contributed by atoms with van der Waals surface area (Å²) in [6, 6.07) is 8.24. The number of anilines is 1. The van der Waals surface area contributed by atoms with E-state index in [1.807, 2.05) is 6.07 Å². The Morgan fingerprint density at radius 2 is 1.80 bits per heavy atom. The Kier molecular flexibility index (Phi) is 9.36. The molecule has 2 aromatic rings. The van der Waals surface area contributed by atoms with Crippen molar-refractivity contribution in [2.45, 2.75) is 95.6 Å². The lowest BCUT2D eigenvalue weighted by Crippen LogP contribution is -2.59. The van der Waals surface area contributed by atoms with E-state index < -0.39 is 70.7 Å². The number of fused-ring (bicyclic) bond motifs is 1. The predicted molar refractivity (Wildman–Crippen MR) is 182 cm³/mol. The van der Waals surface area contributed by atoms with E-state index in [4.69, 9.17) is 4.74 Å². The molecule has 2 aliphatic heterocycles. The summed E-state index contributed by atoms with van der Waals surface area (Å²) in [6.07, 6.45) is 4.11. The molecule has 1 unspecified atom stereocenters. The second-order valence-electron chi connectivity index (χ2n) is 14.8. The van der Waals surface area contributed by atoms with Crippen molar-refractivity contribution in [3.05, 3.63) is 66.5 Å². The van der Waals surface area contributed by atoms with Crippen LogP contribution in [-0.2, 0) is 25.7 Å². The van der Waals surface area contributed by atoms with Gasteiger partial charge in [-0.15, -0.1) is 6.58 Å². The number of likely N-dealkylation sites (tertiary alicyclic amines) is 1. The Labute approximate surface area is 290 Å². The topological polar surface area (TPSA) is 157 Å². The Morgan fingerprint density at radius 1 is 1.10 bits per heavy atom. The van der Waals surface area contributed by atoms with Crippen LogP contribution < -0.4 is 16.0 Å². The van der Waals surface area contributed by atoms with Gasteiger partial charge in [0.15, 0.2) is 0 Å². The molecule has 3 fully saturated rings. The van der Waals surface area contributed by atoms with Gasteiger partial charge >= 0.3 is 18.1 Å². The molecule has 2 aromatic carbocycles. The molecular formula is C37H44FN5O7. The van der Waals surface area contributed by atoms with Crippen LogP contribution in [0.5, 0.6) is 0 Å². The third-order valence-electron chi connectivity index (χ3n) is 10.4. The largest absolute Gasteiger partial charge is 0.479 e. The molecule has 0 radical (unpaired) electrons. The number of amides is 5. The van der Waals surface area contributed by atoms with Crippen LogP contribution in [0.15, 0.2) is 55.1 Å². The lowest BCUT2D eigenvalue weighted by Gasteiger charge is -2.36. The van der Waals surface area contributed by atoms with E-state index >= 15 is 0 Å². The summed E-state index contributed by atoms with van der Waals surface area (Å²) < 4.78 is 20.4. The summed E-state index contributed by atoms with van der Waals surface area (Å²) in [5.41, 5.74) is -0.283. The molecular weight excluding hydrogens is 645 g/mol. The van der Waals surface area contributed by atoms with E-state index in [-0.39, 0.29) is 32.0 Å². The van der Waals surface area contributed by atoms with Crippen LogP contribution in [0.25, 0.3) is 11.1 Å². The molecule has 2 aliphatic carbocycles. The number of carboxylic acids is 1. The average molecular weight is 690 g/mol. The summed E-state index contributed by atoms with van der Waals surface area (Å²) in [5, 5.41) is 18.3. The number of alkyl carbamates (subject to hydrolysis) is 1. The SMILES string of the molecule is C=C[C@@H]1CC1(NC(=O)[C@@H]1C[C@@H](N2Cc3cccc(-c4ccccc4F)c3NC2=O)CN1C(=O)[C@H](NC(=O)OC1CCCC1)C(C)(C)C)C(=O)O. The van der Waals surface area contributed by atoms with E-state index in [0.717, 1.165) is 31.2 Å². The molecule has 4 aliphatic rings. The molecule has 2 heterocycles. The zero-order valence-electron chi connectivity index (χ0n) is 28.5. The minimum absolute atomic E-state index is 0.0190. The number of rotatable bonds is 9. The summed E-state index contributed by atoms with van der Waals surface area (Å²) >= 11 is 0. The van der Waals surface area contributed by atoms with Gasteiger partial charge < -0.3 is 35.6 Å². The second kappa shape index (κ2) is 13.4. The highest BCUT2D eigenvalue weighted by atomic mass is 19.1. The van der Waals surface area contributed by atoms with Gasteiger partial charge in [-0.25, -0.2) is 18.8 Å². The molecule has 12 nitrogen and oxygen atoms in total. The maximum atomic E-state index is 14.8. The molecule has 5 atom stereocenters. The molecule has 0 aromatic heterocycles. The third kappa shape index (κ3) is 6.65. The van der Waals surface area contributed by atoms with E-state index in [2.05, 4.69) is 22.5 Å². The van der Waals surface area contributed by atoms with Crippen LogP contribution in [0.4, 0.5) is 19.7 Å². The van der Waals surface area contributed by atoms with Crippen LogP contribution in [0, 0.1) is 17.2 Å².